The largest absolute Gasteiger partial charge is 0.495 e. The highest BCUT2D eigenvalue weighted by Crippen LogP contribution is 2.26. The van der Waals surface area contributed by atoms with Crippen molar-refractivity contribution in [2.24, 2.45) is 0 Å². The van der Waals surface area contributed by atoms with Crippen molar-refractivity contribution in [2.45, 2.75) is 27.7 Å². The quantitative estimate of drug-likeness (QED) is 0.855. The Bertz CT molecular complexity index is 436. The highest BCUT2D eigenvalue weighted by molar-refractivity contribution is 5.61. The van der Waals surface area contributed by atoms with Crippen LogP contribution < -0.4 is 10.1 Å². The summed E-state index contributed by atoms with van der Waals surface area (Å²) in [7, 11) is 3.57. The number of nitrogens with one attached hydrogen (secondary N) is 1. The smallest absolute Gasteiger partial charge is 0.142 e. The first-order valence-corrected chi connectivity index (χ1v) is 6.50. The number of furan rings is 1. The number of hydrogen-bond acceptors (Lipinski definition) is 3. The molecule has 0 atom stereocenters. The van der Waals surface area contributed by atoms with Crippen molar-refractivity contribution >= 4 is 5.69 Å². The van der Waals surface area contributed by atoms with E-state index in [1.54, 1.807) is 13.4 Å². The minimum absolute atomic E-state index is 0.896. The van der Waals surface area contributed by atoms with E-state index in [4.69, 9.17) is 9.15 Å². The van der Waals surface area contributed by atoms with E-state index in [0.29, 0.717) is 0 Å². The molecule has 19 heavy (non-hydrogen) atoms. The Morgan fingerprint density at radius 3 is 2.05 bits per heavy atom. The first-order valence-electron chi connectivity index (χ1n) is 6.50. The van der Waals surface area contributed by atoms with E-state index >= 15 is 0 Å². The van der Waals surface area contributed by atoms with Gasteiger partial charge in [-0.3, -0.25) is 0 Å². The molecule has 0 saturated heterocycles. The van der Waals surface area contributed by atoms with Gasteiger partial charge in [0, 0.05) is 7.05 Å². The fourth-order valence-electron chi connectivity index (χ4n) is 1.49. The molecule has 0 fully saturated rings. The number of para-hydroxylation sites is 1. The minimum atomic E-state index is 0.896. The monoisotopic (exact) mass is 263 g/mol. The maximum atomic E-state index is 5.15. The average molecular weight is 263 g/mol. The van der Waals surface area contributed by atoms with Crippen LogP contribution in [0.3, 0.4) is 0 Å². The van der Waals surface area contributed by atoms with Crippen LogP contribution in [0, 0.1) is 13.8 Å². The molecule has 0 spiro atoms. The van der Waals surface area contributed by atoms with Crippen LogP contribution in [0.1, 0.15) is 25.2 Å². The normalized spacial score (nSPS) is 8.53. The maximum Gasteiger partial charge on any atom is 0.142 e. The van der Waals surface area contributed by atoms with Gasteiger partial charge in [0.1, 0.15) is 11.5 Å². The molecular weight excluding hydrogens is 238 g/mol. The number of rotatable bonds is 2. The van der Waals surface area contributed by atoms with E-state index in [2.05, 4.69) is 5.32 Å². The molecule has 0 radical (unpaired) electrons. The lowest BCUT2D eigenvalue weighted by molar-refractivity contribution is 0.416. The van der Waals surface area contributed by atoms with Crippen molar-refractivity contribution in [3.05, 3.63) is 47.9 Å². The van der Waals surface area contributed by atoms with Gasteiger partial charge in [0.15, 0.2) is 0 Å². The van der Waals surface area contributed by atoms with E-state index in [1.807, 2.05) is 65.1 Å². The molecule has 1 N–H and O–H groups in total. The second-order valence-corrected chi connectivity index (χ2v) is 3.63. The minimum Gasteiger partial charge on any atom is -0.495 e. The lowest BCUT2D eigenvalue weighted by Gasteiger charge is -2.09. The molecule has 0 unspecified atom stereocenters. The van der Waals surface area contributed by atoms with E-state index in [0.717, 1.165) is 17.2 Å². The maximum absolute atomic E-state index is 5.15. The van der Waals surface area contributed by atoms with Crippen LogP contribution in [0.5, 0.6) is 5.75 Å². The number of anilines is 1. The van der Waals surface area contributed by atoms with Gasteiger partial charge in [-0.15, -0.1) is 0 Å². The third kappa shape index (κ3) is 6.00. The molecule has 2 aromatic rings. The molecular formula is C16H25NO2. The summed E-state index contributed by atoms with van der Waals surface area (Å²) in [6.07, 6.45) is 1.66. The second-order valence-electron chi connectivity index (χ2n) is 3.63. The van der Waals surface area contributed by atoms with Crippen LogP contribution in [0.15, 0.2) is 41.0 Å². The van der Waals surface area contributed by atoms with Crippen molar-refractivity contribution in [3.63, 3.8) is 0 Å². The van der Waals surface area contributed by atoms with Crippen molar-refractivity contribution in [1.82, 2.24) is 0 Å². The zero-order chi connectivity index (χ0) is 14.7. The Kier molecular flexibility index (Phi) is 9.06. The van der Waals surface area contributed by atoms with Crippen LogP contribution in [0.4, 0.5) is 5.69 Å². The molecule has 0 aliphatic heterocycles. The van der Waals surface area contributed by atoms with Crippen LogP contribution in [0.2, 0.25) is 0 Å². The number of benzene rings is 1. The third-order valence-corrected chi connectivity index (χ3v) is 2.37. The van der Waals surface area contributed by atoms with Crippen molar-refractivity contribution in [1.29, 1.82) is 0 Å². The van der Waals surface area contributed by atoms with Crippen molar-refractivity contribution in [3.8, 4) is 5.75 Å². The molecule has 2 rings (SSSR count). The molecule has 3 nitrogen and oxygen atoms in total. The second kappa shape index (κ2) is 10.1. The SMILES string of the molecule is CC.CNc1c(C)cccc1OC.Cc1ccco1. The van der Waals surface area contributed by atoms with Gasteiger partial charge >= 0.3 is 0 Å². The third-order valence-electron chi connectivity index (χ3n) is 2.37. The van der Waals surface area contributed by atoms with Gasteiger partial charge in [-0.1, -0.05) is 26.0 Å². The fraction of sp³-hybridized carbons (Fsp3) is 0.375. The Morgan fingerprint density at radius 1 is 1.05 bits per heavy atom. The van der Waals surface area contributed by atoms with Crippen LogP contribution in [0.25, 0.3) is 0 Å². The van der Waals surface area contributed by atoms with Crippen molar-refractivity contribution < 1.29 is 9.15 Å². The van der Waals surface area contributed by atoms with Gasteiger partial charge in [-0.05, 0) is 37.6 Å². The number of methoxy groups -OCH3 is 1. The summed E-state index contributed by atoms with van der Waals surface area (Å²) >= 11 is 0. The van der Waals surface area contributed by atoms with Crippen LogP contribution >= 0.6 is 0 Å². The number of hydrogen-bond donors (Lipinski definition) is 1. The summed E-state index contributed by atoms with van der Waals surface area (Å²) in [4.78, 5) is 0. The zero-order valence-electron chi connectivity index (χ0n) is 12.8. The average Bonchev–Trinajstić information content (AvgIpc) is 2.92. The van der Waals surface area contributed by atoms with E-state index in [-0.39, 0.29) is 0 Å². The summed E-state index contributed by atoms with van der Waals surface area (Å²) in [5.41, 5.74) is 2.27. The summed E-state index contributed by atoms with van der Waals surface area (Å²) < 4.78 is 9.99. The first-order chi connectivity index (χ1) is 9.19. The Morgan fingerprint density at radius 2 is 1.74 bits per heavy atom. The Labute approximate surface area is 116 Å². The van der Waals surface area contributed by atoms with Crippen LogP contribution in [-0.2, 0) is 0 Å². The predicted octanol–water partition coefficient (Wildman–Crippen LogP) is 4.66. The van der Waals surface area contributed by atoms with Crippen molar-refractivity contribution in [2.75, 3.05) is 19.5 Å². The first kappa shape index (κ1) is 17.1. The Balaban J connectivity index is 0.000000341. The summed E-state index contributed by atoms with van der Waals surface area (Å²) in [5, 5.41) is 3.09. The predicted molar refractivity (Wildman–Crippen MR) is 82.1 cm³/mol. The van der Waals surface area contributed by atoms with Gasteiger partial charge in [0.25, 0.3) is 0 Å². The Hall–Kier alpha value is -1.90. The van der Waals surface area contributed by atoms with Gasteiger partial charge in [0.2, 0.25) is 0 Å². The molecule has 0 bridgehead atoms. The summed E-state index contributed by atoms with van der Waals surface area (Å²) in [6.45, 7) is 7.97. The molecule has 3 heteroatoms. The molecule has 1 aromatic carbocycles. The number of aryl methyl sites for hydroxylation is 2. The van der Waals surface area contributed by atoms with E-state index in [9.17, 15) is 0 Å². The number of ether oxygens (including phenoxy) is 1. The van der Waals surface area contributed by atoms with Gasteiger partial charge < -0.3 is 14.5 Å². The molecule has 0 saturated carbocycles. The lowest BCUT2D eigenvalue weighted by Crippen LogP contribution is -1.95. The standard InChI is InChI=1S/C9H13NO.C5H6O.C2H6/c1-7-5-4-6-8(11-3)9(7)10-2;1-5-3-2-4-6-5;1-2/h4-6,10H,1-3H3;2-4H,1H3;1-2H3. The summed E-state index contributed by atoms with van der Waals surface area (Å²) in [5.74, 6) is 1.86. The molecule has 0 amide bonds. The highest BCUT2D eigenvalue weighted by atomic mass is 16.5. The molecule has 1 heterocycles. The molecule has 0 aliphatic carbocycles. The summed E-state index contributed by atoms with van der Waals surface area (Å²) in [6, 6.07) is 9.76. The van der Waals surface area contributed by atoms with E-state index in [1.165, 1.54) is 5.56 Å². The molecule has 0 aliphatic rings. The van der Waals surface area contributed by atoms with E-state index < -0.39 is 0 Å². The highest BCUT2D eigenvalue weighted by Gasteiger charge is 2.01. The van der Waals surface area contributed by atoms with Crippen LogP contribution in [-0.4, -0.2) is 14.2 Å². The van der Waals surface area contributed by atoms with Gasteiger partial charge in [-0.2, -0.15) is 0 Å². The topological polar surface area (TPSA) is 34.4 Å². The fourth-order valence-corrected chi connectivity index (χ4v) is 1.49. The molecule has 106 valence electrons. The van der Waals surface area contributed by atoms with Gasteiger partial charge in [0.05, 0.1) is 19.1 Å². The van der Waals surface area contributed by atoms with Gasteiger partial charge in [-0.25, -0.2) is 0 Å². The lowest BCUT2D eigenvalue weighted by atomic mass is 10.2. The molecule has 1 aromatic heterocycles. The zero-order valence-corrected chi connectivity index (χ0v) is 12.8.